The van der Waals surface area contributed by atoms with Gasteiger partial charge in [-0.05, 0) is 148 Å². The molecule has 4 aromatic heterocycles. The van der Waals surface area contributed by atoms with E-state index < -0.39 is 0 Å². The van der Waals surface area contributed by atoms with Gasteiger partial charge in [-0.15, -0.1) is 0 Å². The summed E-state index contributed by atoms with van der Waals surface area (Å²) < 4.78 is 11.0. The summed E-state index contributed by atoms with van der Waals surface area (Å²) in [6, 6.07) is 49.6. The minimum Gasteiger partial charge on any atom is -0.456 e. The van der Waals surface area contributed by atoms with Gasteiger partial charge in [0.15, 0.2) is 5.82 Å². The summed E-state index contributed by atoms with van der Waals surface area (Å²) in [5.74, 6) is 1.63. The first kappa shape index (κ1) is 34.9. The number of rotatable bonds is 5. The van der Waals surface area contributed by atoms with Gasteiger partial charge < -0.3 is 4.42 Å². The van der Waals surface area contributed by atoms with Crippen LogP contribution in [0.2, 0.25) is 0 Å². The van der Waals surface area contributed by atoms with Crippen LogP contribution in [-0.2, 0) is 0 Å². The summed E-state index contributed by atoms with van der Waals surface area (Å²) in [7, 11) is 0. The predicted octanol–water partition coefficient (Wildman–Crippen LogP) is 13.6. The molecule has 0 saturated carbocycles. The van der Waals surface area contributed by atoms with Gasteiger partial charge in [0.1, 0.15) is 11.2 Å². The van der Waals surface area contributed by atoms with Crippen LogP contribution in [0.4, 0.5) is 0 Å². The smallest absolute Gasteiger partial charge is 0.220 e. The van der Waals surface area contributed by atoms with Crippen molar-refractivity contribution in [3.05, 3.63) is 173 Å². The van der Waals surface area contributed by atoms with Crippen molar-refractivity contribution in [2.24, 2.45) is 0 Å². The van der Waals surface area contributed by atoms with Gasteiger partial charge in [-0.2, -0.15) is 0 Å². The molecule has 0 unspecified atom stereocenters. The van der Waals surface area contributed by atoms with E-state index in [9.17, 15) is 0 Å². The average molecular weight is 764 g/mol. The highest BCUT2D eigenvalue weighted by molar-refractivity contribution is 6.07. The summed E-state index contributed by atoms with van der Waals surface area (Å²) in [5.41, 5.74) is 21.5. The molecule has 6 heteroatoms. The summed E-state index contributed by atoms with van der Waals surface area (Å²) in [6.07, 6.45) is 0. The monoisotopic (exact) mass is 763 g/mol. The zero-order valence-corrected chi connectivity index (χ0v) is 33.9. The molecule has 0 aliphatic rings. The van der Waals surface area contributed by atoms with Crippen molar-refractivity contribution in [2.75, 3.05) is 0 Å². The van der Waals surface area contributed by atoms with Gasteiger partial charge in [-0.1, -0.05) is 77.9 Å². The van der Waals surface area contributed by atoms with Crippen molar-refractivity contribution in [2.45, 2.75) is 41.5 Å². The molecule has 284 valence electrons. The minimum absolute atomic E-state index is 0.738. The average Bonchev–Trinajstić information content (AvgIpc) is 3.88. The third-order valence-electron chi connectivity index (χ3n) is 11.9. The molecule has 11 aromatic rings. The first-order valence-corrected chi connectivity index (χ1v) is 20.2. The van der Waals surface area contributed by atoms with Gasteiger partial charge in [0, 0.05) is 33.2 Å². The Morgan fingerprint density at radius 3 is 1.73 bits per heavy atom. The van der Waals surface area contributed by atoms with Crippen molar-refractivity contribution in [1.29, 1.82) is 0 Å². The molecule has 0 spiro atoms. The first-order chi connectivity index (χ1) is 28.7. The molecule has 0 aliphatic heterocycles. The number of para-hydroxylation sites is 4. The molecule has 0 bridgehead atoms. The number of nitrogens with zero attached hydrogens (tertiary/aromatic N) is 5. The van der Waals surface area contributed by atoms with Crippen LogP contribution in [0.3, 0.4) is 0 Å². The lowest BCUT2D eigenvalue weighted by Gasteiger charge is -2.16. The predicted molar refractivity (Wildman–Crippen MR) is 243 cm³/mol. The topological polar surface area (TPSA) is 61.2 Å². The molecule has 7 aromatic carbocycles. The second kappa shape index (κ2) is 13.1. The number of benzene rings is 7. The van der Waals surface area contributed by atoms with E-state index in [4.69, 9.17) is 19.4 Å². The largest absolute Gasteiger partial charge is 0.456 e. The molecule has 59 heavy (non-hydrogen) atoms. The molecule has 11 rings (SSSR count). The fourth-order valence-electron chi connectivity index (χ4n) is 9.50. The Labute approximate surface area is 342 Å². The molecule has 6 nitrogen and oxygen atoms in total. The third kappa shape index (κ3) is 5.58. The molecular formula is C53H41N5O. The second-order valence-electron chi connectivity index (χ2n) is 16.1. The van der Waals surface area contributed by atoms with Crippen LogP contribution in [0.15, 0.2) is 144 Å². The van der Waals surface area contributed by atoms with Crippen LogP contribution in [0.1, 0.15) is 33.4 Å². The van der Waals surface area contributed by atoms with Crippen molar-refractivity contribution in [3.63, 3.8) is 0 Å². The van der Waals surface area contributed by atoms with E-state index in [2.05, 4.69) is 184 Å². The Hall–Kier alpha value is -7.31. The molecule has 4 heterocycles. The summed E-state index contributed by atoms with van der Waals surface area (Å²) in [4.78, 5) is 15.7. The van der Waals surface area contributed by atoms with E-state index in [-0.39, 0.29) is 0 Å². The quantitative estimate of drug-likeness (QED) is 0.175. The SMILES string of the molecule is Cc1cc(C)c(-c2cc(-c3ccc4oc5ccc(-c6cccc(-n7c8ccccc8n8c9ccccc9nc78)c6)cc5c4c3)nc(-c3c(C)cc(C)cc3C)n2)c(C)c1. The van der Waals surface area contributed by atoms with Crippen LogP contribution in [0.5, 0.6) is 0 Å². The minimum atomic E-state index is 0.738. The van der Waals surface area contributed by atoms with E-state index in [0.717, 1.165) is 100 Å². The maximum Gasteiger partial charge on any atom is 0.220 e. The highest BCUT2D eigenvalue weighted by atomic mass is 16.3. The first-order valence-electron chi connectivity index (χ1n) is 20.2. The Morgan fingerprint density at radius 2 is 1.02 bits per heavy atom. The normalized spacial score (nSPS) is 11.9. The summed E-state index contributed by atoms with van der Waals surface area (Å²) in [6.45, 7) is 13.0. The molecule has 0 atom stereocenters. The Kier molecular flexibility index (Phi) is 7.76. The molecule has 0 saturated heterocycles. The maximum atomic E-state index is 6.47. The number of furan rings is 1. The van der Waals surface area contributed by atoms with Gasteiger partial charge in [-0.25, -0.2) is 15.0 Å². The van der Waals surface area contributed by atoms with E-state index in [1.807, 2.05) is 6.07 Å². The summed E-state index contributed by atoms with van der Waals surface area (Å²) in [5, 5.41) is 2.10. The Balaban J connectivity index is 1.06. The fourth-order valence-corrected chi connectivity index (χ4v) is 9.50. The molecule has 0 N–H and O–H groups in total. The van der Waals surface area contributed by atoms with Crippen molar-refractivity contribution in [1.82, 2.24) is 23.9 Å². The standard InChI is InChI=1S/C53H41N5O/c1-30-22-32(3)50(33(4)23-30)44-29-43(54-52(55-44)51-34(5)24-31(2)25-35(51)6)38-19-21-49-41(28-38)40-27-37(18-20-48(40)59-49)36-12-11-13-39(26-36)57-46-16-9-10-17-47(46)58-45-15-8-7-14-42(45)56-53(57)58/h7-29H,1-6H3. The molecule has 0 amide bonds. The fraction of sp³-hybridized carbons (Fsp3) is 0.113. The molecule has 0 aliphatic carbocycles. The zero-order chi connectivity index (χ0) is 40.1. The highest BCUT2D eigenvalue weighted by Gasteiger charge is 2.20. The Morgan fingerprint density at radius 1 is 0.441 bits per heavy atom. The van der Waals surface area contributed by atoms with Crippen molar-refractivity contribution < 1.29 is 4.42 Å². The number of hydrogen-bond donors (Lipinski definition) is 0. The van der Waals surface area contributed by atoms with E-state index in [1.54, 1.807) is 0 Å². The highest BCUT2D eigenvalue weighted by Crippen LogP contribution is 2.39. The lowest BCUT2D eigenvalue weighted by Crippen LogP contribution is -2.01. The van der Waals surface area contributed by atoms with Gasteiger partial charge in [0.05, 0.1) is 33.5 Å². The van der Waals surface area contributed by atoms with E-state index >= 15 is 0 Å². The number of imidazole rings is 2. The van der Waals surface area contributed by atoms with Crippen LogP contribution in [0, 0.1) is 41.5 Å². The van der Waals surface area contributed by atoms with Crippen LogP contribution < -0.4 is 0 Å². The van der Waals surface area contributed by atoms with Gasteiger partial charge in [0.2, 0.25) is 5.78 Å². The number of aromatic nitrogens is 5. The zero-order valence-electron chi connectivity index (χ0n) is 33.9. The molecule has 0 radical (unpaired) electrons. The van der Waals surface area contributed by atoms with Crippen LogP contribution in [0.25, 0.3) is 100 Å². The third-order valence-corrected chi connectivity index (χ3v) is 11.9. The second-order valence-corrected chi connectivity index (χ2v) is 16.1. The number of fused-ring (bicyclic) bond motifs is 8. The molecule has 0 fully saturated rings. The van der Waals surface area contributed by atoms with E-state index in [0.29, 0.717) is 0 Å². The van der Waals surface area contributed by atoms with Crippen LogP contribution in [-0.4, -0.2) is 23.9 Å². The van der Waals surface area contributed by atoms with Gasteiger partial charge in [-0.3, -0.25) is 8.97 Å². The van der Waals surface area contributed by atoms with E-state index in [1.165, 1.54) is 33.4 Å². The lowest BCUT2D eigenvalue weighted by atomic mass is 9.95. The van der Waals surface area contributed by atoms with Gasteiger partial charge in [0.25, 0.3) is 0 Å². The van der Waals surface area contributed by atoms with Gasteiger partial charge >= 0.3 is 0 Å². The lowest BCUT2D eigenvalue weighted by molar-refractivity contribution is 0.669. The number of hydrogen-bond acceptors (Lipinski definition) is 4. The Bertz CT molecular complexity index is 3400. The van der Waals surface area contributed by atoms with Crippen molar-refractivity contribution >= 4 is 49.8 Å². The molecular weight excluding hydrogens is 723 g/mol. The van der Waals surface area contributed by atoms with Crippen LogP contribution >= 0.6 is 0 Å². The maximum absolute atomic E-state index is 6.47. The number of aryl methyl sites for hydroxylation is 6. The van der Waals surface area contributed by atoms with Crippen molar-refractivity contribution in [3.8, 4) is 50.7 Å². The summed E-state index contributed by atoms with van der Waals surface area (Å²) >= 11 is 0.